The van der Waals surface area contributed by atoms with Crippen LogP contribution in [0, 0.1) is 5.41 Å². The van der Waals surface area contributed by atoms with Crippen molar-refractivity contribution in [1.29, 1.82) is 0 Å². The molecule has 0 unspecified atom stereocenters. The molecule has 104 valence electrons. The summed E-state index contributed by atoms with van der Waals surface area (Å²) in [6.45, 7) is 6.41. The third-order valence-corrected chi connectivity index (χ3v) is 4.18. The normalized spacial score (nSPS) is 24.0. The summed E-state index contributed by atoms with van der Waals surface area (Å²) in [4.78, 5) is 11.9. The lowest BCUT2D eigenvalue weighted by Crippen LogP contribution is -2.56. The van der Waals surface area contributed by atoms with Crippen LogP contribution in [0.4, 0.5) is 4.79 Å². The Morgan fingerprint density at radius 2 is 1.89 bits per heavy atom. The predicted molar refractivity (Wildman–Crippen MR) is 71.3 cm³/mol. The monoisotopic (exact) mass is 254 g/mol. The Morgan fingerprint density at radius 3 is 2.22 bits per heavy atom. The third kappa shape index (κ3) is 3.16. The van der Waals surface area contributed by atoms with Gasteiger partial charge >= 0.3 is 6.09 Å². The van der Waals surface area contributed by atoms with Gasteiger partial charge in [-0.2, -0.15) is 0 Å². The van der Waals surface area contributed by atoms with Crippen LogP contribution >= 0.6 is 0 Å². The van der Waals surface area contributed by atoms with Gasteiger partial charge in [0.05, 0.1) is 0 Å². The van der Waals surface area contributed by atoms with Crippen LogP contribution < -0.4 is 11.1 Å². The van der Waals surface area contributed by atoms with E-state index in [9.17, 15) is 4.79 Å². The molecule has 0 radical (unpaired) electrons. The van der Waals surface area contributed by atoms with Gasteiger partial charge in [0.15, 0.2) is 0 Å². The highest BCUT2D eigenvalue weighted by atomic mass is 16.6. The summed E-state index contributed by atoms with van der Waals surface area (Å²) >= 11 is 0. The minimum Gasteiger partial charge on any atom is -0.444 e. The molecule has 2 rings (SSSR count). The lowest BCUT2D eigenvalue weighted by atomic mass is 9.70. The van der Waals surface area contributed by atoms with E-state index in [2.05, 4.69) is 5.32 Å². The number of carbonyl (C=O) groups is 1. The highest BCUT2D eigenvalue weighted by Gasteiger charge is 2.51. The highest BCUT2D eigenvalue weighted by Crippen LogP contribution is 2.54. The SMILES string of the molecule is CC(C)(C)OC(=O)NC1(CC2(CN)CC2)CCC1. The van der Waals surface area contributed by atoms with Crippen molar-refractivity contribution in [1.82, 2.24) is 5.32 Å². The summed E-state index contributed by atoms with van der Waals surface area (Å²) < 4.78 is 5.36. The van der Waals surface area contributed by atoms with E-state index in [4.69, 9.17) is 10.5 Å². The van der Waals surface area contributed by atoms with Crippen molar-refractivity contribution >= 4 is 6.09 Å². The molecule has 0 aliphatic heterocycles. The second kappa shape index (κ2) is 4.41. The predicted octanol–water partition coefficient (Wildman–Crippen LogP) is 2.56. The standard InChI is InChI=1S/C14H26N2O2/c1-12(2,3)18-11(17)16-14(5-4-6-14)9-13(10-15)7-8-13/h4-10,15H2,1-3H3,(H,16,17). The Morgan fingerprint density at radius 1 is 1.28 bits per heavy atom. The van der Waals surface area contributed by atoms with Crippen molar-refractivity contribution in [2.45, 2.75) is 70.4 Å². The van der Waals surface area contributed by atoms with E-state index in [0.29, 0.717) is 5.41 Å². The molecule has 0 heterocycles. The van der Waals surface area contributed by atoms with Crippen LogP contribution in [0.1, 0.15) is 59.3 Å². The number of hydrogen-bond donors (Lipinski definition) is 2. The molecule has 0 saturated heterocycles. The Bertz CT molecular complexity index is 325. The van der Waals surface area contributed by atoms with Crippen molar-refractivity contribution in [2.24, 2.45) is 11.1 Å². The maximum atomic E-state index is 11.9. The Kier molecular flexibility index (Phi) is 3.34. The number of nitrogens with one attached hydrogen (secondary N) is 1. The molecular formula is C14H26N2O2. The summed E-state index contributed by atoms with van der Waals surface area (Å²) in [5, 5.41) is 3.10. The first kappa shape index (κ1) is 13.7. The summed E-state index contributed by atoms with van der Waals surface area (Å²) in [5.74, 6) is 0. The van der Waals surface area contributed by atoms with E-state index in [1.807, 2.05) is 20.8 Å². The van der Waals surface area contributed by atoms with Crippen LogP contribution in [-0.4, -0.2) is 23.8 Å². The molecule has 4 heteroatoms. The average Bonchev–Trinajstić information content (AvgIpc) is 2.92. The second-order valence-corrected chi connectivity index (χ2v) is 7.14. The minimum atomic E-state index is -0.430. The van der Waals surface area contributed by atoms with Gasteiger partial charge in [0.1, 0.15) is 5.60 Å². The molecule has 0 aromatic heterocycles. The van der Waals surface area contributed by atoms with E-state index in [-0.39, 0.29) is 11.6 Å². The fourth-order valence-corrected chi connectivity index (χ4v) is 2.82. The lowest BCUT2D eigenvalue weighted by Gasteiger charge is -2.45. The molecule has 2 aliphatic rings. The Hall–Kier alpha value is -0.770. The number of amides is 1. The number of carbonyl (C=O) groups excluding carboxylic acids is 1. The van der Waals surface area contributed by atoms with Crippen molar-refractivity contribution < 1.29 is 9.53 Å². The topological polar surface area (TPSA) is 64.3 Å². The van der Waals surface area contributed by atoms with Crippen LogP contribution in [0.5, 0.6) is 0 Å². The fourth-order valence-electron chi connectivity index (χ4n) is 2.82. The van der Waals surface area contributed by atoms with Gasteiger partial charge in [0.25, 0.3) is 0 Å². The number of rotatable bonds is 4. The molecule has 2 aliphatic carbocycles. The van der Waals surface area contributed by atoms with E-state index >= 15 is 0 Å². The summed E-state index contributed by atoms with van der Waals surface area (Å²) in [6.07, 6.45) is 6.48. The van der Waals surface area contributed by atoms with Crippen LogP contribution in [0.15, 0.2) is 0 Å². The van der Waals surface area contributed by atoms with Gasteiger partial charge in [-0.15, -0.1) is 0 Å². The largest absolute Gasteiger partial charge is 0.444 e. The van der Waals surface area contributed by atoms with Crippen molar-refractivity contribution in [3.8, 4) is 0 Å². The molecule has 3 N–H and O–H groups in total. The molecule has 18 heavy (non-hydrogen) atoms. The van der Waals surface area contributed by atoms with E-state index in [1.54, 1.807) is 0 Å². The first-order valence-corrected chi connectivity index (χ1v) is 7.00. The van der Waals surface area contributed by atoms with Gasteiger partial charge in [-0.05, 0) is 71.3 Å². The van der Waals surface area contributed by atoms with Gasteiger partial charge in [0, 0.05) is 5.54 Å². The van der Waals surface area contributed by atoms with Gasteiger partial charge < -0.3 is 15.8 Å². The van der Waals surface area contributed by atoms with Gasteiger partial charge in [-0.1, -0.05) is 0 Å². The number of hydrogen-bond acceptors (Lipinski definition) is 3. The smallest absolute Gasteiger partial charge is 0.408 e. The van der Waals surface area contributed by atoms with Crippen LogP contribution in [0.3, 0.4) is 0 Å². The number of ether oxygens (including phenoxy) is 1. The number of alkyl carbamates (subject to hydrolysis) is 1. The molecule has 2 saturated carbocycles. The fraction of sp³-hybridized carbons (Fsp3) is 0.929. The summed E-state index contributed by atoms with van der Waals surface area (Å²) in [6, 6.07) is 0. The first-order valence-electron chi connectivity index (χ1n) is 7.00. The van der Waals surface area contributed by atoms with Gasteiger partial charge in [0.2, 0.25) is 0 Å². The minimum absolute atomic E-state index is 0.0434. The van der Waals surface area contributed by atoms with Gasteiger partial charge in [-0.3, -0.25) is 0 Å². The molecular weight excluding hydrogens is 228 g/mol. The molecule has 0 atom stereocenters. The average molecular weight is 254 g/mol. The molecule has 4 nitrogen and oxygen atoms in total. The number of nitrogens with two attached hydrogens (primary N) is 1. The zero-order valence-corrected chi connectivity index (χ0v) is 11.8. The summed E-state index contributed by atoms with van der Waals surface area (Å²) in [7, 11) is 0. The highest BCUT2D eigenvalue weighted by molar-refractivity contribution is 5.69. The van der Waals surface area contributed by atoms with Crippen molar-refractivity contribution in [3.63, 3.8) is 0 Å². The van der Waals surface area contributed by atoms with Crippen LogP contribution in [-0.2, 0) is 4.74 Å². The van der Waals surface area contributed by atoms with Crippen LogP contribution in [0.25, 0.3) is 0 Å². The zero-order valence-electron chi connectivity index (χ0n) is 11.8. The van der Waals surface area contributed by atoms with E-state index < -0.39 is 5.60 Å². The maximum absolute atomic E-state index is 11.9. The molecule has 0 aromatic rings. The maximum Gasteiger partial charge on any atom is 0.408 e. The zero-order chi connectivity index (χ0) is 13.4. The van der Waals surface area contributed by atoms with Gasteiger partial charge in [-0.25, -0.2) is 4.79 Å². The Labute approximate surface area is 110 Å². The van der Waals surface area contributed by atoms with Crippen molar-refractivity contribution in [3.05, 3.63) is 0 Å². The quantitative estimate of drug-likeness (QED) is 0.810. The molecule has 0 aromatic carbocycles. The lowest BCUT2D eigenvalue weighted by molar-refractivity contribution is 0.0338. The molecule has 0 spiro atoms. The van der Waals surface area contributed by atoms with Crippen LogP contribution in [0.2, 0.25) is 0 Å². The molecule has 1 amide bonds. The summed E-state index contributed by atoms with van der Waals surface area (Å²) in [5.41, 5.74) is 5.67. The third-order valence-electron chi connectivity index (χ3n) is 4.18. The van der Waals surface area contributed by atoms with E-state index in [1.165, 1.54) is 19.3 Å². The second-order valence-electron chi connectivity index (χ2n) is 7.14. The molecule has 0 bridgehead atoms. The molecule has 2 fully saturated rings. The van der Waals surface area contributed by atoms with Crippen molar-refractivity contribution in [2.75, 3.05) is 6.54 Å². The van der Waals surface area contributed by atoms with E-state index in [0.717, 1.165) is 25.8 Å². The Balaban J connectivity index is 1.90. The first-order chi connectivity index (χ1) is 8.28.